The van der Waals surface area contributed by atoms with Gasteiger partial charge in [-0.15, -0.1) is 0 Å². The van der Waals surface area contributed by atoms with Crippen LogP contribution >= 0.6 is 0 Å². The van der Waals surface area contributed by atoms with Crippen molar-refractivity contribution < 1.29 is 13.6 Å². The van der Waals surface area contributed by atoms with E-state index in [-0.39, 0.29) is 12.2 Å². The Morgan fingerprint density at radius 3 is 2.06 bits per heavy atom. The molecule has 3 rings (SSSR count). The average molecular weight is 497 g/mol. The first-order valence-corrected chi connectivity index (χ1v) is 18.2. The number of azide groups is 1. The molecule has 2 aromatic rings. The van der Waals surface area contributed by atoms with Crippen molar-refractivity contribution in [2.24, 2.45) is 5.11 Å². The van der Waals surface area contributed by atoms with Gasteiger partial charge < -0.3 is 13.8 Å². The van der Waals surface area contributed by atoms with Crippen molar-refractivity contribution in [1.82, 2.24) is 4.90 Å². The van der Waals surface area contributed by atoms with Crippen LogP contribution in [0.3, 0.4) is 0 Å². The number of benzene rings is 2. The van der Waals surface area contributed by atoms with Gasteiger partial charge >= 0.3 is 6.09 Å². The van der Waals surface area contributed by atoms with E-state index in [4.69, 9.17) is 14.4 Å². The molecule has 0 N–H and O–H groups in total. The Hall–Kier alpha value is -2.59. The second-order valence-electron chi connectivity index (χ2n) is 10.1. The molecule has 2 aromatic carbocycles. The molecule has 1 aliphatic rings. The quantitative estimate of drug-likeness (QED) is 0.107. The number of rotatable bonds is 11. The van der Waals surface area contributed by atoms with Gasteiger partial charge in [0.25, 0.3) is 0 Å². The van der Waals surface area contributed by atoms with E-state index in [1.807, 2.05) is 36.4 Å². The lowest BCUT2D eigenvalue weighted by molar-refractivity contribution is 0.0862. The molecule has 0 aliphatic heterocycles. The van der Waals surface area contributed by atoms with Crippen LogP contribution in [0.5, 0.6) is 0 Å². The van der Waals surface area contributed by atoms with E-state index in [1.54, 1.807) is 11.9 Å². The van der Waals surface area contributed by atoms with Gasteiger partial charge in [0.15, 0.2) is 22.7 Å². The summed E-state index contributed by atoms with van der Waals surface area (Å²) in [5, 5.41) is 3.63. The van der Waals surface area contributed by atoms with Crippen LogP contribution in [0.4, 0.5) is 4.79 Å². The molecule has 0 saturated carbocycles. The molecule has 34 heavy (non-hydrogen) atoms. The fourth-order valence-corrected chi connectivity index (χ4v) is 13.5. The van der Waals surface area contributed by atoms with Gasteiger partial charge in [-0.3, -0.25) is 0 Å². The van der Waals surface area contributed by atoms with Gasteiger partial charge in [-0.05, 0) is 67.8 Å². The summed E-state index contributed by atoms with van der Waals surface area (Å²) in [5.74, 6) is 0. The number of ether oxygens (including phenoxy) is 1. The van der Waals surface area contributed by atoms with E-state index in [2.05, 4.69) is 48.3 Å². The van der Waals surface area contributed by atoms with Crippen LogP contribution in [0.2, 0.25) is 38.3 Å². The maximum Gasteiger partial charge on any atom is 0.410 e. The van der Waals surface area contributed by atoms with Crippen LogP contribution in [-0.4, -0.2) is 47.8 Å². The normalized spacial score (nSPS) is 13.1. The van der Waals surface area contributed by atoms with Crippen molar-refractivity contribution in [1.29, 1.82) is 0 Å². The second kappa shape index (κ2) is 11.2. The highest BCUT2D eigenvalue weighted by Gasteiger charge is 2.34. The Labute approximate surface area is 205 Å². The van der Waals surface area contributed by atoms with E-state index in [0.717, 1.165) is 47.2 Å². The zero-order valence-corrected chi connectivity index (χ0v) is 23.0. The van der Waals surface area contributed by atoms with Gasteiger partial charge in [-0.1, -0.05) is 53.6 Å². The van der Waals surface area contributed by atoms with Gasteiger partial charge in [-0.25, -0.2) is 4.79 Å². The summed E-state index contributed by atoms with van der Waals surface area (Å²) < 4.78 is 12.6. The Morgan fingerprint density at radius 1 is 0.971 bits per heavy atom. The molecule has 0 radical (unpaired) electrons. The van der Waals surface area contributed by atoms with Gasteiger partial charge in [0, 0.05) is 36.2 Å². The Kier molecular flexibility index (Phi) is 8.59. The van der Waals surface area contributed by atoms with Crippen LogP contribution in [0.25, 0.3) is 21.6 Å². The first-order chi connectivity index (χ1) is 16.1. The number of carbonyl (C=O) groups excluding carboxylic acids is 1. The minimum Gasteiger partial charge on any atom is -0.455 e. The molecule has 0 atom stereocenters. The Bertz CT molecular complexity index is 1010. The summed E-state index contributed by atoms with van der Waals surface area (Å²) in [6.07, 6.45) is 1.08. The van der Waals surface area contributed by atoms with Crippen LogP contribution in [0, 0.1) is 0 Å². The summed E-state index contributed by atoms with van der Waals surface area (Å²) in [7, 11) is -1.86. The van der Waals surface area contributed by atoms with Gasteiger partial charge in [0.2, 0.25) is 0 Å². The first kappa shape index (κ1) is 26.0. The van der Waals surface area contributed by atoms with E-state index in [9.17, 15) is 4.79 Å². The summed E-state index contributed by atoms with van der Waals surface area (Å²) in [5.41, 5.74) is 12.8. The van der Waals surface area contributed by atoms with Crippen LogP contribution in [0.1, 0.15) is 30.1 Å². The highest BCUT2D eigenvalue weighted by atomic mass is 28.4. The molecule has 1 amide bonds. The molecule has 0 bridgehead atoms. The van der Waals surface area contributed by atoms with Crippen molar-refractivity contribution in [3.8, 4) is 11.1 Å². The summed E-state index contributed by atoms with van der Waals surface area (Å²) >= 11 is 0. The largest absolute Gasteiger partial charge is 0.455 e. The molecule has 0 spiro atoms. The van der Waals surface area contributed by atoms with Crippen molar-refractivity contribution in [3.05, 3.63) is 70.1 Å². The number of carbonyl (C=O) groups is 1. The van der Waals surface area contributed by atoms with E-state index in [1.165, 1.54) is 0 Å². The zero-order chi connectivity index (χ0) is 24.8. The third kappa shape index (κ3) is 6.73. The lowest BCUT2D eigenvalue weighted by Gasteiger charge is -2.34. The van der Waals surface area contributed by atoms with E-state index in [0.29, 0.717) is 13.1 Å². The minimum atomic E-state index is -1.86. The molecule has 182 valence electrons. The highest BCUT2D eigenvalue weighted by Crippen LogP contribution is 2.45. The monoisotopic (exact) mass is 496 g/mol. The van der Waals surface area contributed by atoms with Crippen LogP contribution in [0.15, 0.2) is 53.6 Å². The summed E-state index contributed by atoms with van der Waals surface area (Å²) in [6.45, 7) is 10.1. The predicted molar refractivity (Wildman–Crippen MR) is 142 cm³/mol. The average Bonchev–Trinajstić information content (AvgIpc) is 3.10. The molecule has 0 heterocycles. The standard InChI is InChI=1S/C25H36N4O3Si2/c1-29(17-11-19-34(4,5)32-33(2,3)18-10-16-27-28-26)25(30)31-24-22-14-8-6-12-20(22)21-13-7-9-15-23(21)24/h6-9,12-15,24H,10-11,16-19H2,1-5H3. The molecule has 9 heteroatoms. The van der Waals surface area contributed by atoms with Crippen LogP contribution < -0.4 is 0 Å². The van der Waals surface area contributed by atoms with Crippen molar-refractivity contribution in [3.63, 3.8) is 0 Å². The van der Waals surface area contributed by atoms with Gasteiger partial charge in [-0.2, -0.15) is 0 Å². The third-order valence-electron chi connectivity index (χ3n) is 6.23. The van der Waals surface area contributed by atoms with Crippen LogP contribution in [-0.2, 0) is 8.85 Å². The number of hydrogen-bond donors (Lipinski definition) is 0. The molecular formula is C25H36N4O3Si2. The van der Waals surface area contributed by atoms with Crippen molar-refractivity contribution in [2.75, 3.05) is 20.1 Å². The molecule has 0 aromatic heterocycles. The SMILES string of the molecule is CN(CCC[Si](C)(C)O[Si](C)(C)CCCN=[N+]=[N-])C(=O)OC1c2ccccc2-c2ccccc21. The number of nitrogens with zero attached hydrogens (tertiary/aromatic N) is 4. The smallest absolute Gasteiger partial charge is 0.410 e. The lowest BCUT2D eigenvalue weighted by atomic mass is 10.1. The molecule has 7 nitrogen and oxygen atoms in total. The van der Waals surface area contributed by atoms with Crippen molar-refractivity contribution >= 4 is 22.7 Å². The summed E-state index contributed by atoms with van der Waals surface area (Å²) in [6, 6.07) is 18.2. The maximum atomic E-state index is 12.9. The Morgan fingerprint density at radius 2 is 1.50 bits per heavy atom. The first-order valence-electron chi connectivity index (χ1n) is 11.9. The topological polar surface area (TPSA) is 87.5 Å². The van der Waals surface area contributed by atoms with E-state index >= 15 is 0 Å². The fourth-order valence-electron chi connectivity index (χ4n) is 4.73. The molecule has 0 saturated heterocycles. The molecular weight excluding hydrogens is 460 g/mol. The second-order valence-corrected chi connectivity index (χ2v) is 19.0. The maximum absolute atomic E-state index is 12.9. The molecule has 0 fully saturated rings. The minimum absolute atomic E-state index is 0.301. The highest BCUT2D eigenvalue weighted by molar-refractivity contribution is 6.84. The number of fused-ring (bicyclic) bond motifs is 3. The van der Waals surface area contributed by atoms with E-state index < -0.39 is 16.6 Å². The lowest BCUT2D eigenvalue weighted by Crippen LogP contribution is -2.44. The Balaban J connectivity index is 1.51. The third-order valence-corrected chi connectivity index (χ3v) is 13.8. The summed E-state index contributed by atoms with van der Waals surface area (Å²) in [4.78, 5) is 17.4. The van der Waals surface area contributed by atoms with Gasteiger partial charge in [0.1, 0.15) is 0 Å². The molecule has 0 unspecified atom stereocenters. The molecule has 1 aliphatic carbocycles. The fraction of sp³-hybridized carbons (Fsp3) is 0.480. The predicted octanol–water partition coefficient (Wildman–Crippen LogP) is 7.34. The zero-order valence-electron chi connectivity index (χ0n) is 21.0. The van der Waals surface area contributed by atoms with Crippen molar-refractivity contribution in [2.45, 2.75) is 57.2 Å². The van der Waals surface area contributed by atoms with Gasteiger partial charge in [0.05, 0.1) is 0 Å². The number of hydrogen-bond acceptors (Lipinski definition) is 4. The number of amides is 1.